The number of amides is 2. The van der Waals surface area contributed by atoms with Crippen LogP contribution in [0.2, 0.25) is 5.02 Å². The molecule has 0 bridgehead atoms. The van der Waals surface area contributed by atoms with Crippen LogP contribution in [0.1, 0.15) is 21.6 Å². The highest BCUT2D eigenvalue weighted by atomic mass is 35.5. The molecule has 6 heteroatoms. The van der Waals surface area contributed by atoms with E-state index in [1.165, 1.54) is 0 Å². The topological polar surface area (TPSA) is 45.6 Å². The standard InChI is InChI=1S/C24H24ClN3O2/c25-21-10-8-19(9-11-21)17-23(29)26-13-15-27(16-14-26)24(30)22-7-4-12-28(22)18-20-5-2-1-3-6-20/h1-12H,13-18H2. The fraction of sp³-hybridized carbons (Fsp3) is 0.250. The van der Waals surface area contributed by atoms with Crippen LogP contribution < -0.4 is 0 Å². The highest BCUT2D eigenvalue weighted by Gasteiger charge is 2.26. The van der Waals surface area contributed by atoms with Crippen molar-refractivity contribution in [1.82, 2.24) is 14.4 Å². The summed E-state index contributed by atoms with van der Waals surface area (Å²) in [7, 11) is 0. The summed E-state index contributed by atoms with van der Waals surface area (Å²) in [6, 6.07) is 21.2. The normalized spacial score (nSPS) is 14.0. The summed E-state index contributed by atoms with van der Waals surface area (Å²) in [5.41, 5.74) is 2.78. The molecule has 0 radical (unpaired) electrons. The van der Waals surface area contributed by atoms with Gasteiger partial charge in [-0.15, -0.1) is 0 Å². The molecule has 5 nitrogen and oxygen atoms in total. The van der Waals surface area contributed by atoms with Gasteiger partial charge in [0, 0.05) is 43.9 Å². The van der Waals surface area contributed by atoms with Gasteiger partial charge in [0.05, 0.1) is 6.42 Å². The van der Waals surface area contributed by atoms with Gasteiger partial charge in [0.1, 0.15) is 5.69 Å². The first kappa shape index (κ1) is 20.2. The fourth-order valence-electron chi connectivity index (χ4n) is 3.74. The Morgan fingerprint density at radius 1 is 0.767 bits per heavy atom. The molecule has 0 N–H and O–H groups in total. The number of hydrogen-bond acceptors (Lipinski definition) is 2. The van der Waals surface area contributed by atoms with Crippen LogP contribution in [0.3, 0.4) is 0 Å². The van der Waals surface area contributed by atoms with Gasteiger partial charge in [-0.3, -0.25) is 9.59 Å². The first-order valence-electron chi connectivity index (χ1n) is 10.1. The average Bonchev–Trinajstić information content (AvgIpc) is 3.23. The summed E-state index contributed by atoms with van der Waals surface area (Å²) in [6.45, 7) is 2.85. The maximum absolute atomic E-state index is 13.1. The third-order valence-electron chi connectivity index (χ3n) is 5.43. The number of nitrogens with zero attached hydrogens (tertiary/aromatic N) is 3. The molecule has 2 amide bonds. The fourth-order valence-corrected chi connectivity index (χ4v) is 3.86. The molecule has 0 spiro atoms. The van der Waals surface area contributed by atoms with Gasteiger partial charge in [-0.2, -0.15) is 0 Å². The first-order valence-corrected chi connectivity index (χ1v) is 10.5. The van der Waals surface area contributed by atoms with E-state index in [0.29, 0.717) is 49.9 Å². The van der Waals surface area contributed by atoms with Crippen LogP contribution in [0, 0.1) is 0 Å². The van der Waals surface area contributed by atoms with Crippen molar-refractivity contribution in [1.29, 1.82) is 0 Å². The van der Waals surface area contributed by atoms with Gasteiger partial charge in [-0.1, -0.05) is 54.1 Å². The van der Waals surface area contributed by atoms with E-state index >= 15 is 0 Å². The van der Waals surface area contributed by atoms with Gasteiger partial charge in [0.15, 0.2) is 0 Å². The second-order valence-corrected chi connectivity index (χ2v) is 7.92. The van der Waals surface area contributed by atoms with Crippen LogP contribution in [0.5, 0.6) is 0 Å². The van der Waals surface area contributed by atoms with Crippen LogP contribution in [0.25, 0.3) is 0 Å². The lowest BCUT2D eigenvalue weighted by molar-refractivity contribution is -0.131. The lowest BCUT2D eigenvalue weighted by Gasteiger charge is -2.35. The lowest BCUT2D eigenvalue weighted by Crippen LogP contribution is -2.51. The van der Waals surface area contributed by atoms with E-state index in [0.717, 1.165) is 11.1 Å². The Morgan fingerprint density at radius 3 is 2.13 bits per heavy atom. The van der Waals surface area contributed by atoms with Crippen molar-refractivity contribution < 1.29 is 9.59 Å². The molecule has 154 valence electrons. The highest BCUT2D eigenvalue weighted by molar-refractivity contribution is 6.30. The first-order chi connectivity index (χ1) is 14.6. The highest BCUT2D eigenvalue weighted by Crippen LogP contribution is 2.14. The average molecular weight is 422 g/mol. The largest absolute Gasteiger partial charge is 0.339 e. The zero-order valence-electron chi connectivity index (χ0n) is 16.7. The molecule has 0 atom stereocenters. The number of aromatic nitrogens is 1. The number of carbonyl (C=O) groups is 2. The minimum Gasteiger partial charge on any atom is -0.339 e. The predicted molar refractivity (Wildman–Crippen MR) is 118 cm³/mol. The summed E-state index contributed by atoms with van der Waals surface area (Å²) in [6.07, 6.45) is 2.29. The monoisotopic (exact) mass is 421 g/mol. The second-order valence-electron chi connectivity index (χ2n) is 7.48. The molecular formula is C24H24ClN3O2. The van der Waals surface area contributed by atoms with E-state index in [1.807, 2.05) is 63.0 Å². The summed E-state index contributed by atoms with van der Waals surface area (Å²) >= 11 is 5.91. The maximum atomic E-state index is 13.1. The van der Waals surface area contributed by atoms with Crippen LogP contribution >= 0.6 is 11.6 Å². The van der Waals surface area contributed by atoms with Crippen molar-refractivity contribution in [3.8, 4) is 0 Å². The molecular weight excluding hydrogens is 398 g/mol. The van der Waals surface area contributed by atoms with Crippen molar-refractivity contribution in [2.45, 2.75) is 13.0 Å². The Bertz CT molecular complexity index is 1010. The van der Waals surface area contributed by atoms with E-state index in [-0.39, 0.29) is 11.8 Å². The molecule has 1 aromatic heterocycles. The van der Waals surface area contributed by atoms with Crippen molar-refractivity contribution in [2.24, 2.45) is 0 Å². The molecule has 0 saturated carbocycles. The Kier molecular flexibility index (Phi) is 6.19. The number of carbonyl (C=O) groups excluding carboxylic acids is 2. The predicted octanol–water partition coefficient (Wildman–Crippen LogP) is 3.72. The van der Waals surface area contributed by atoms with E-state index in [2.05, 4.69) is 12.1 Å². The van der Waals surface area contributed by atoms with Gasteiger partial charge in [0.2, 0.25) is 5.91 Å². The summed E-state index contributed by atoms with van der Waals surface area (Å²) in [4.78, 5) is 29.3. The Labute approximate surface area is 181 Å². The summed E-state index contributed by atoms with van der Waals surface area (Å²) in [5.74, 6) is 0.0950. The molecule has 1 aliphatic rings. The van der Waals surface area contributed by atoms with Crippen LogP contribution in [-0.2, 0) is 17.8 Å². The van der Waals surface area contributed by atoms with E-state index in [9.17, 15) is 9.59 Å². The van der Waals surface area contributed by atoms with Crippen molar-refractivity contribution in [3.05, 3.63) is 94.8 Å². The summed E-state index contributed by atoms with van der Waals surface area (Å²) < 4.78 is 1.98. The molecule has 30 heavy (non-hydrogen) atoms. The van der Waals surface area contributed by atoms with Gasteiger partial charge >= 0.3 is 0 Å². The van der Waals surface area contributed by atoms with Crippen LogP contribution in [0.15, 0.2) is 72.9 Å². The number of benzene rings is 2. The Balaban J connectivity index is 1.34. The third kappa shape index (κ3) is 4.74. The molecule has 2 heterocycles. The molecule has 0 aliphatic carbocycles. The maximum Gasteiger partial charge on any atom is 0.270 e. The van der Waals surface area contributed by atoms with Gasteiger partial charge in [-0.25, -0.2) is 0 Å². The Hall–Kier alpha value is -3.05. The van der Waals surface area contributed by atoms with Crippen molar-refractivity contribution in [3.63, 3.8) is 0 Å². The Morgan fingerprint density at radius 2 is 1.43 bits per heavy atom. The number of piperazine rings is 1. The molecule has 1 saturated heterocycles. The SMILES string of the molecule is O=C(Cc1ccc(Cl)cc1)N1CCN(C(=O)c2cccn2Cc2ccccc2)CC1. The van der Waals surface area contributed by atoms with E-state index in [1.54, 1.807) is 12.1 Å². The van der Waals surface area contributed by atoms with Gasteiger partial charge in [0.25, 0.3) is 5.91 Å². The van der Waals surface area contributed by atoms with Crippen molar-refractivity contribution in [2.75, 3.05) is 26.2 Å². The minimum absolute atomic E-state index is 0.0146. The molecule has 1 aliphatic heterocycles. The van der Waals surface area contributed by atoms with Gasteiger partial charge in [-0.05, 0) is 35.4 Å². The van der Waals surface area contributed by atoms with E-state index < -0.39 is 0 Å². The van der Waals surface area contributed by atoms with Gasteiger partial charge < -0.3 is 14.4 Å². The number of hydrogen-bond donors (Lipinski definition) is 0. The van der Waals surface area contributed by atoms with E-state index in [4.69, 9.17) is 11.6 Å². The molecule has 1 fully saturated rings. The summed E-state index contributed by atoms with van der Waals surface area (Å²) in [5, 5.41) is 0.662. The smallest absolute Gasteiger partial charge is 0.270 e. The minimum atomic E-state index is 0.0146. The second kappa shape index (κ2) is 9.18. The van der Waals surface area contributed by atoms with Crippen molar-refractivity contribution >= 4 is 23.4 Å². The lowest BCUT2D eigenvalue weighted by atomic mass is 10.1. The molecule has 2 aromatic carbocycles. The number of halogens is 1. The zero-order chi connectivity index (χ0) is 20.9. The van der Waals surface area contributed by atoms with Crippen LogP contribution in [0.4, 0.5) is 0 Å². The number of rotatable bonds is 5. The zero-order valence-corrected chi connectivity index (χ0v) is 17.5. The third-order valence-corrected chi connectivity index (χ3v) is 5.68. The molecule has 0 unspecified atom stereocenters. The molecule has 4 rings (SSSR count). The van der Waals surface area contributed by atoms with Crippen LogP contribution in [-0.4, -0.2) is 52.4 Å². The molecule has 3 aromatic rings. The quantitative estimate of drug-likeness (QED) is 0.630.